The molecule has 0 aromatic heterocycles. The Labute approximate surface area is 169 Å². The van der Waals surface area contributed by atoms with Gasteiger partial charge in [-0.15, -0.1) is 0 Å². The number of ether oxygens (including phenoxy) is 3. The van der Waals surface area contributed by atoms with Crippen molar-refractivity contribution in [2.24, 2.45) is 0 Å². The van der Waals surface area contributed by atoms with E-state index in [1.54, 1.807) is 24.3 Å². The van der Waals surface area contributed by atoms with Crippen LogP contribution >= 0.6 is 0 Å². The van der Waals surface area contributed by atoms with Gasteiger partial charge in [-0.3, -0.25) is 9.10 Å². The summed E-state index contributed by atoms with van der Waals surface area (Å²) in [5.74, 6) is 1.25. The summed E-state index contributed by atoms with van der Waals surface area (Å²) in [6.45, 7) is 2.30. The van der Waals surface area contributed by atoms with Crippen molar-refractivity contribution in [3.05, 3.63) is 48.0 Å². The number of carbonyl (C=O) groups is 1. The lowest BCUT2D eigenvalue weighted by molar-refractivity contribution is -0.128. The van der Waals surface area contributed by atoms with Gasteiger partial charge in [0, 0.05) is 0 Å². The number of rotatable bonds is 4. The fraction of sp³-hybridized carbons (Fsp3) is 0.350. The maximum Gasteiger partial charge on any atom is 0.263 e. The van der Waals surface area contributed by atoms with Gasteiger partial charge in [-0.1, -0.05) is 18.2 Å². The van der Waals surface area contributed by atoms with Crippen molar-refractivity contribution in [1.29, 1.82) is 0 Å². The lowest BCUT2D eigenvalue weighted by Gasteiger charge is -2.34. The molecular formula is C20H22N2O6S. The van der Waals surface area contributed by atoms with E-state index in [1.165, 1.54) is 4.31 Å². The Morgan fingerprint density at radius 2 is 1.90 bits per heavy atom. The highest BCUT2D eigenvalue weighted by atomic mass is 32.2. The van der Waals surface area contributed by atoms with E-state index in [9.17, 15) is 13.2 Å². The molecule has 0 spiro atoms. The molecule has 2 aliphatic heterocycles. The third-order valence-corrected chi connectivity index (χ3v) is 5.90. The van der Waals surface area contributed by atoms with Gasteiger partial charge in [-0.2, -0.15) is 0 Å². The van der Waals surface area contributed by atoms with Crippen LogP contribution in [0.5, 0.6) is 17.2 Å². The molecule has 0 bridgehead atoms. The lowest BCUT2D eigenvalue weighted by atomic mass is 10.1. The molecule has 0 radical (unpaired) electrons. The summed E-state index contributed by atoms with van der Waals surface area (Å²) in [5, 5.41) is 2.78. The van der Waals surface area contributed by atoms with E-state index >= 15 is 0 Å². The minimum atomic E-state index is -3.56. The van der Waals surface area contributed by atoms with E-state index in [2.05, 4.69) is 5.32 Å². The summed E-state index contributed by atoms with van der Waals surface area (Å²) in [7, 11) is -3.56. The Hall–Kier alpha value is -2.94. The standard InChI is InChI=1S/C20H22N2O6S/c1-13-7-8-15-18(9-13)28-19(11-22(15)29(2,24)25)20(23)21-10-14-12-26-16-5-3-4-6-17(16)27-14/h3-9,14,19H,10-12H2,1-2H3,(H,21,23)/t14-,19+/m0/s1. The van der Waals surface area contributed by atoms with Crippen molar-refractivity contribution < 1.29 is 27.4 Å². The van der Waals surface area contributed by atoms with Gasteiger partial charge >= 0.3 is 0 Å². The van der Waals surface area contributed by atoms with E-state index in [4.69, 9.17) is 14.2 Å². The second-order valence-corrected chi connectivity index (χ2v) is 9.02. The predicted octanol–water partition coefficient (Wildman–Crippen LogP) is 1.48. The highest BCUT2D eigenvalue weighted by Gasteiger charge is 2.35. The van der Waals surface area contributed by atoms with Gasteiger partial charge in [0.25, 0.3) is 5.91 Å². The molecule has 1 N–H and O–H groups in total. The molecule has 1 amide bonds. The molecule has 0 saturated carbocycles. The number of benzene rings is 2. The quantitative estimate of drug-likeness (QED) is 0.808. The first kappa shape index (κ1) is 19.4. The van der Waals surface area contributed by atoms with E-state index in [-0.39, 0.29) is 19.2 Å². The summed E-state index contributed by atoms with van der Waals surface area (Å²) in [4.78, 5) is 12.7. The number of aryl methyl sites for hydroxylation is 1. The fourth-order valence-corrected chi connectivity index (χ4v) is 4.22. The summed E-state index contributed by atoms with van der Waals surface area (Å²) < 4.78 is 42.9. The lowest BCUT2D eigenvalue weighted by Crippen LogP contribution is -2.52. The number of nitrogens with zero attached hydrogens (tertiary/aromatic N) is 1. The highest BCUT2D eigenvalue weighted by Crippen LogP contribution is 2.36. The van der Waals surface area contributed by atoms with Crippen molar-refractivity contribution in [3.8, 4) is 17.2 Å². The predicted molar refractivity (Wildman–Crippen MR) is 107 cm³/mol. The van der Waals surface area contributed by atoms with Crippen LogP contribution in [0.25, 0.3) is 0 Å². The minimum Gasteiger partial charge on any atom is -0.486 e. The van der Waals surface area contributed by atoms with E-state index < -0.39 is 22.0 Å². The zero-order valence-corrected chi connectivity index (χ0v) is 16.9. The molecule has 2 atom stereocenters. The van der Waals surface area contributed by atoms with Crippen molar-refractivity contribution in [2.45, 2.75) is 19.1 Å². The fourth-order valence-electron chi connectivity index (χ4n) is 3.30. The van der Waals surface area contributed by atoms with Crippen LogP contribution in [0.15, 0.2) is 42.5 Å². The normalized spacial score (nSPS) is 20.4. The average molecular weight is 418 g/mol. The molecule has 2 aromatic carbocycles. The second kappa shape index (κ2) is 7.47. The van der Waals surface area contributed by atoms with Gasteiger partial charge in [-0.25, -0.2) is 8.42 Å². The molecule has 4 rings (SSSR count). The molecule has 0 fully saturated rings. The molecular weight excluding hydrogens is 396 g/mol. The summed E-state index contributed by atoms with van der Waals surface area (Å²) in [6, 6.07) is 12.5. The molecule has 9 heteroatoms. The van der Waals surface area contributed by atoms with Crippen LogP contribution in [0.3, 0.4) is 0 Å². The van der Waals surface area contributed by atoms with Crippen molar-refractivity contribution in [1.82, 2.24) is 5.32 Å². The van der Waals surface area contributed by atoms with Crippen LogP contribution in [0.2, 0.25) is 0 Å². The Balaban J connectivity index is 1.44. The molecule has 29 heavy (non-hydrogen) atoms. The number of fused-ring (bicyclic) bond motifs is 2. The number of sulfonamides is 1. The van der Waals surface area contributed by atoms with Gasteiger partial charge < -0.3 is 19.5 Å². The number of amides is 1. The number of nitrogens with one attached hydrogen (secondary N) is 1. The molecule has 2 aliphatic rings. The number of carbonyl (C=O) groups excluding carboxylic acids is 1. The van der Waals surface area contributed by atoms with Crippen LogP contribution < -0.4 is 23.8 Å². The highest BCUT2D eigenvalue weighted by molar-refractivity contribution is 7.92. The van der Waals surface area contributed by atoms with Gasteiger partial charge in [0.2, 0.25) is 10.0 Å². The van der Waals surface area contributed by atoms with Crippen LogP contribution in [0.1, 0.15) is 5.56 Å². The Morgan fingerprint density at radius 3 is 2.66 bits per heavy atom. The number of hydrogen-bond acceptors (Lipinski definition) is 6. The van der Waals surface area contributed by atoms with Gasteiger partial charge in [0.05, 0.1) is 25.0 Å². The van der Waals surface area contributed by atoms with E-state index in [1.807, 2.05) is 25.1 Å². The van der Waals surface area contributed by atoms with Crippen LogP contribution in [0, 0.1) is 6.92 Å². The SMILES string of the molecule is Cc1ccc2c(c1)O[C@@H](C(=O)NC[C@H]1COc3ccccc3O1)CN2S(C)(=O)=O. The molecule has 0 unspecified atom stereocenters. The monoisotopic (exact) mass is 418 g/mol. The van der Waals surface area contributed by atoms with Gasteiger partial charge in [0.15, 0.2) is 17.6 Å². The van der Waals surface area contributed by atoms with Crippen molar-refractivity contribution in [3.63, 3.8) is 0 Å². The zero-order valence-electron chi connectivity index (χ0n) is 16.1. The molecule has 2 aromatic rings. The Morgan fingerprint density at radius 1 is 1.14 bits per heavy atom. The van der Waals surface area contributed by atoms with Gasteiger partial charge in [0.1, 0.15) is 18.5 Å². The van der Waals surface area contributed by atoms with Gasteiger partial charge in [-0.05, 0) is 36.8 Å². The van der Waals surface area contributed by atoms with E-state index in [0.717, 1.165) is 11.8 Å². The average Bonchev–Trinajstić information content (AvgIpc) is 2.70. The van der Waals surface area contributed by atoms with Crippen LogP contribution in [-0.2, 0) is 14.8 Å². The largest absolute Gasteiger partial charge is 0.486 e. The molecule has 2 heterocycles. The first-order chi connectivity index (χ1) is 13.8. The zero-order chi connectivity index (χ0) is 20.6. The molecule has 0 aliphatic carbocycles. The maximum absolute atomic E-state index is 12.7. The smallest absolute Gasteiger partial charge is 0.263 e. The Kier molecular flexibility index (Phi) is 4.99. The van der Waals surface area contributed by atoms with E-state index in [0.29, 0.717) is 29.5 Å². The number of hydrogen-bond donors (Lipinski definition) is 1. The summed E-state index contributed by atoms with van der Waals surface area (Å²) in [5.41, 5.74) is 1.34. The van der Waals surface area contributed by atoms with Crippen molar-refractivity contribution >= 4 is 21.6 Å². The molecule has 0 saturated heterocycles. The van der Waals surface area contributed by atoms with Crippen molar-refractivity contribution in [2.75, 3.05) is 30.3 Å². The first-order valence-electron chi connectivity index (χ1n) is 9.22. The van der Waals surface area contributed by atoms with Crippen LogP contribution in [-0.4, -0.2) is 52.5 Å². The third-order valence-electron chi connectivity index (χ3n) is 4.75. The first-order valence-corrected chi connectivity index (χ1v) is 11.1. The second-order valence-electron chi connectivity index (χ2n) is 7.11. The summed E-state index contributed by atoms with van der Waals surface area (Å²) in [6.07, 6.45) is -0.199. The minimum absolute atomic E-state index is 0.0917. The maximum atomic E-state index is 12.7. The number of anilines is 1. The Bertz CT molecular complexity index is 1040. The molecule has 154 valence electrons. The third kappa shape index (κ3) is 4.09. The van der Waals surface area contributed by atoms with Crippen LogP contribution in [0.4, 0.5) is 5.69 Å². The summed E-state index contributed by atoms with van der Waals surface area (Å²) >= 11 is 0. The topological polar surface area (TPSA) is 94.2 Å². The molecule has 8 nitrogen and oxygen atoms in total. The number of para-hydroxylation sites is 2.